The van der Waals surface area contributed by atoms with Gasteiger partial charge in [0.05, 0.1) is 22.8 Å². The lowest BCUT2D eigenvalue weighted by molar-refractivity contribution is 1.00. The number of nitrogens with zero attached hydrogens (tertiary/aromatic N) is 1. The minimum absolute atomic E-state index is 0.0573. The molecule has 0 saturated heterocycles. The van der Waals surface area contributed by atoms with Crippen LogP contribution in [0.5, 0.6) is 0 Å². The van der Waals surface area contributed by atoms with Crippen LogP contribution in [-0.4, -0.2) is 9.97 Å². The number of aromatic nitrogens is 2. The molecule has 1 N–H and O–H groups in total. The molecule has 0 aliphatic carbocycles. The molecule has 16 heavy (non-hydrogen) atoms. The van der Waals surface area contributed by atoms with E-state index in [1.54, 1.807) is 0 Å². The van der Waals surface area contributed by atoms with Gasteiger partial charge in [0.15, 0.2) is 0 Å². The fraction of sp³-hybridized carbons (Fsp3) is 0.154. The molecule has 1 aromatic carbocycles. The van der Waals surface area contributed by atoms with Crippen molar-refractivity contribution in [2.75, 3.05) is 0 Å². The maximum atomic E-state index is 6.05. The number of para-hydroxylation sites is 1. The molecule has 3 aromatic rings. The fourth-order valence-corrected chi connectivity index (χ4v) is 2.10. The second kappa shape index (κ2) is 3.49. The number of hydrogen-bond donors (Lipinski definition) is 1. The van der Waals surface area contributed by atoms with Gasteiger partial charge in [-0.3, -0.25) is 4.98 Å². The van der Waals surface area contributed by atoms with Crippen molar-refractivity contribution in [3.63, 3.8) is 0 Å². The highest BCUT2D eigenvalue weighted by Gasteiger charge is 2.07. The van der Waals surface area contributed by atoms with E-state index < -0.39 is 0 Å². The first kappa shape index (κ1) is 9.67. The molecule has 3 heteroatoms. The number of pyridine rings is 1. The van der Waals surface area contributed by atoms with E-state index in [4.69, 9.17) is 11.6 Å². The SMILES string of the molecule is CC(Cl)c1cc2c(cn1)[nH]c1ccccc12. The van der Waals surface area contributed by atoms with Gasteiger partial charge >= 0.3 is 0 Å². The van der Waals surface area contributed by atoms with Crippen molar-refractivity contribution in [1.82, 2.24) is 9.97 Å². The highest BCUT2D eigenvalue weighted by atomic mass is 35.5. The van der Waals surface area contributed by atoms with Crippen molar-refractivity contribution in [2.45, 2.75) is 12.3 Å². The molecule has 80 valence electrons. The van der Waals surface area contributed by atoms with Gasteiger partial charge in [0.25, 0.3) is 0 Å². The molecular formula is C13H11ClN2. The molecule has 0 spiro atoms. The standard InChI is InChI=1S/C13H11ClN2/c1-8(14)12-6-10-9-4-2-3-5-11(9)16-13(10)7-15-12/h2-8,16H,1H3. The third kappa shape index (κ3) is 1.38. The molecule has 0 aliphatic heterocycles. The Labute approximate surface area is 98.3 Å². The van der Waals surface area contributed by atoms with Gasteiger partial charge in [0.1, 0.15) is 0 Å². The Kier molecular flexibility index (Phi) is 2.11. The van der Waals surface area contributed by atoms with E-state index in [1.807, 2.05) is 25.3 Å². The number of nitrogens with one attached hydrogen (secondary N) is 1. The van der Waals surface area contributed by atoms with E-state index in [2.05, 4.69) is 28.2 Å². The number of H-pyrrole nitrogens is 1. The van der Waals surface area contributed by atoms with Crippen molar-refractivity contribution in [3.8, 4) is 0 Å². The van der Waals surface area contributed by atoms with Crippen LogP contribution in [0, 0.1) is 0 Å². The van der Waals surface area contributed by atoms with E-state index in [1.165, 1.54) is 10.8 Å². The van der Waals surface area contributed by atoms with E-state index >= 15 is 0 Å². The van der Waals surface area contributed by atoms with Crippen LogP contribution in [0.25, 0.3) is 21.8 Å². The normalized spacial score (nSPS) is 13.4. The smallest absolute Gasteiger partial charge is 0.0729 e. The van der Waals surface area contributed by atoms with Crippen LogP contribution in [0.15, 0.2) is 36.5 Å². The summed E-state index contributed by atoms with van der Waals surface area (Å²) in [5.74, 6) is 0. The summed E-state index contributed by atoms with van der Waals surface area (Å²) in [4.78, 5) is 7.68. The Bertz CT molecular complexity index is 655. The second-order valence-electron chi connectivity index (χ2n) is 3.94. The van der Waals surface area contributed by atoms with Crippen LogP contribution in [0.3, 0.4) is 0 Å². The van der Waals surface area contributed by atoms with Gasteiger partial charge < -0.3 is 4.98 Å². The topological polar surface area (TPSA) is 28.7 Å². The summed E-state index contributed by atoms with van der Waals surface area (Å²) in [5, 5.41) is 2.35. The lowest BCUT2D eigenvalue weighted by atomic mass is 10.1. The number of alkyl halides is 1. The molecule has 0 fully saturated rings. The first-order valence-corrected chi connectivity index (χ1v) is 5.70. The Morgan fingerprint density at radius 1 is 1.19 bits per heavy atom. The van der Waals surface area contributed by atoms with Gasteiger partial charge in [0.2, 0.25) is 0 Å². The van der Waals surface area contributed by atoms with Crippen molar-refractivity contribution in [2.24, 2.45) is 0 Å². The van der Waals surface area contributed by atoms with Crippen LogP contribution < -0.4 is 0 Å². The number of fused-ring (bicyclic) bond motifs is 3. The number of rotatable bonds is 1. The molecule has 1 atom stereocenters. The Morgan fingerprint density at radius 2 is 2.00 bits per heavy atom. The monoisotopic (exact) mass is 230 g/mol. The van der Waals surface area contributed by atoms with Crippen LogP contribution in [0.4, 0.5) is 0 Å². The molecule has 1 unspecified atom stereocenters. The highest BCUT2D eigenvalue weighted by Crippen LogP contribution is 2.27. The molecule has 0 saturated carbocycles. The number of halogens is 1. The molecule has 0 amide bonds. The quantitative estimate of drug-likeness (QED) is 0.629. The fourth-order valence-electron chi connectivity index (χ4n) is 1.98. The molecule has 0 radical (unpaired) electrons. The maximum Gasteiger partial charge on any atom is 0.0729 e. The van der Waals surface area contributed by atoms with E-state index in [-0.39, 0.29) is 5.38 Å². The van der Waals surface area contributed by atoms with Crippen molar-refractivity contribution < 1.29 is 0 Å². The van der Waals surface area contributed by atoms with Crippen molar-refractivity contribution >= 4 is 33.4 Å². The van der Waals surface area contributed by atoms with Gasteiger partial charge in [-0.15, -0.1) is 11.6 Å². The molecule has 2 aromatic heterocycles. The summed E-state index contributed by atoms with van der Waals surface area (Å²) in [6, 6.07) is 10.3. The Morgan fingerprint density at radius 3 is 2.81 bits per heavy atom. The summed E-state index contributed by atoms with van der Waals surface area (Å²) >= 11 is 6.05. The predicted octanol–water partition coefficient (Wildman–Crippen LogP) is 4.02. The molecule has 0 aliphatic rings. The van der Waals surface area contributed by atoms with Crippen LogP contribution in [0.1, 0.15) is 18.0 Å². The number of aromatic amines is 1. The molecule has 0 bridgehead atoms. The van der Waals surface area contributed by atoms with Gasteiger partial charge in [-0.2, -0.15) is 0 Å². The van der Waals surface area contributed by atoms with Crippen LogP contribution >= 0.6 is 11.6 Å². The van der Waals surface area contributed by atoms with E-state index in [0.29, 0.717) is 0 Å². The van der Waals surface area contributed by atoms with Crippen molar-refractivity contribution in [3.05, 3.63) is 42.2 Å². The third-order valence-electron chi connectivity index (χ3n) is 2.82. The molecule has 2 nitrogen and oxygen atoms in total. The average molecular weight is 231 g/mol. The molecule has 2 heterocycles. The lowest BCUT2D eigenvalue weighted by Crippen LogP contribution is -1.88. The highest BCUT2D eigenvalue weighted by molar-refractivity contribution is 6.20. The number of hydrogen-bond acceptors (Lipinski definition) is 1. The zero-order valence-electron chi connectivity index (χ0n) is 8.87. The zero-order chi connectivity index (χ0) is 11.1. The lowest BCUT2D eigenvalue weighted by Gasteiger charge is -2.01. The van der Waals surface area contributed by atoms with Gasteiger partial charge in [0, 0.05) is 16.3 Å². The molecule has 3 rings (SSSR count). The second-order valence-corrected chi connectivity index (χ2v) is 4.60. The van der Waals surface area contributed by atoms with Gasteiger partial charge in [-0.05, 0) is 19.1 Å². The summed E-state index contributed by atoms with van der Waals surface area (Å²) < 4.78 is 0. The van der Waals surface area contributed by atoms with Crippen LogP contribution in [0.2, 0.25) is 0 Å². The third-order valence-corrected chi connectivity index (χ3v) is 3.04. The largest absolute Gasteiger partial charge is 0.353 e. The predicted molar refractivity (Wildman–Crippen MR) is 67.9 cm³/mol. The summed E-state index contributed by atoms with van der Waals surface area (Å²) in [5.41, 5.74) is 3.11. The minimum Gasteiger partial charge on any atom is -0.353 e. The van der Waals surface area contributed by atoms with Gasteiger partial charge in [-0.25, -0.2) is 0 Å². The Hall–Kier alpha value is -1.54. The summed E-state index contributed by atoms with van der Waals surface area (Å²) in [7, 11) is 0. The van der Waals surface area contributed by atoms with E-state index in [9.17, 15) is 0 Å². The maximum absolute atomic E-state index is 6.05. The molecular weight excluding hydrogens is 220 g/mol. The summed E-state index contributed by atoms with van der Waals surface area (Å²) in [6.45, 7) is 1.94. The van der Waals surface area contributed by atoms with Gasteiger partial charge in [-0.1, -0.05) is 18.2 Å². The van der Waals surface area contributed by atoms with Crippen molar-refractivity contribution in [1.29, 1.82) is 0 Å². The minimum atomic E-state index is -0.0573. The summed E-state index contributed by atoms with van der Waals surface area (Å²) in [6.07, 6.45) is 1.85. The zero-order valence-corrected chi connectivity index (χ0v) is 9.62. The first-order valence-electron chi connectivity index (χ1n) is 5.26. The number of benzene rings is 1. The Balaban J connectivity index is 2.40. The first-order chi connectivity index (χ1) is 7.75. The van der Waals surface area contributed by atoms with Crippen LogP contribution in [-0.2, 0) is 0 Å². The average Bonchev–Trinajstić information content (AvgIpc) is 2.66. The van der Waals surface area contributed by atoms with E-state index in [0.717, 1.165) is 16.7 Å².